The van der Waals surface area contributed by atoms with Gasteiger partial charge in [0.15, 0.2) is 5.72 Å². The molecule has 0 bridgehead atoms. The van der Waals surface area contributed by atoms with Crippen LogP contribution in [0.15, 0.2) is 18.3 Å². The third-order valence-electron chi connectivity index (χ3n) is 4.85. The van der Waals surface area contributed by atoms with Crippen molar-refractivity contribution in [3.05, 3.63) is 23.9 Å². The minimum Gasteiger partial charge on any atom is -0.481 e. The van der Waals surface area contributed by atoms with Crippen molar-refractivity contribution in [3.63, 3.8) is 0 Å². The summed E-state index contributed by atoms with van der Waals surface area (Å²) in [4.78, 5) is 32.5. The summed E-state index contributed by atoms with van der Waals surface area (Å²) in [6.45, 7) is 1.77. The van der Waals surface area contributed by atoms with Crippen molar-refractivity contribution in [2.75, 3.05) is 26.8 Å². The summed E-state index contributed by atoms with van der Waals surface area (Å²) in [7, 11) is 1.52. The lowest BCUT2D eigenvalue weighted by molar-refractivity contribution is -0.136. The van der Waals surface area contributed by atoms with Crippen LogP contribution in [0.25, 0.3) is 0 Å². The highest BCUT2D eigenvalue weighted by Crippen LogP contribution is 2.45. The van der Waals surface area contributed by atoms with Crippen LogP contribution in [-0.2, 0) is 9.53 Å². The van der Waals surface area contributed by atoms with E-state index in [2.05, 4.69) is 4.98 Å². The van der Waals surface area contributed by atoms with Crippen LogP contribution in [0.1, 0.15) is 23.2 Å². The molecule has 0 saturated carbocycles. The van der Waals surface area contributed by atoms with Crippen molar-refractivity contribution in [2.24, 2.45) is 0 Å². The summed E-state index contributed by atoms with van der Waals surface area (Å²) in [6.07, 6.45) is 2.57. The van der Waals surface area contributed by atoms with Gasteiger partial charge in [-0.3, -0.25) is 9.59 Å². The third kappa shape index (κ3) is 1.68. The van der Waals surface area contributed by atoms with Crippen molar-refractivity contribution < 1.29 is 19.1 Å². The zero-order chi connectivity index (χ0) is 15.3. The highest BCUT2D eigenvalue weighted by atomic mass is 16.5. The molecule has 4 heterocycles. The predicted octanol–water partition coefficient (Wildman–Crippen LogP) is 0.263. The maximum atomic E-state index is 12.8. The molecule has 3 saturated heterocycles. The molecule has 4 rings (SSSR count). The molecule has 7 heteroatoms. The van der Waals surface area contributed by atoms with E-state index in [1.807, 2.05) is 0 Å². The average Bonchev–Trinajstić information content (AvgIpc) is 3.18. The molecule has 116 valence electrons. The Kier molecular flexibility index (Phi) is 2.87. The Bertz CT molecular complexity index is 649. The normalized spacial score (nSPS) is 29.7. The van der Waals surface area contributed by atoms with Crippen molar-refractivity contribution >= 4 is 11.8 Å². The summed E-state index contributed by atoms with van der Waals surface area (Å²) in [5, 5.41) is 0. The minimum absolute atomic E-state index is 0.0762. The standard InChI is InChI=1S/C15H17N3O4/c1-21-12-8-10(2-4-16-12)14(20)17-5-3-15-11(17)9-13(19)18(15)6-7-22-15/h2,4,8,11H,3,5-7,9H2,1H3/t11-,15+/m1/s1. The molecule has 0 N–H and O–H groups in total. The molecule has 1 spiro atoms. The Balaban J connectivity index is 1.64. The van der Waals surface area contributed by atoms with Gasteiger partial charge in [0.1, 0.15) is 0 Å². The van der Waals surface area contributed by atoms with Gasteiger partial charge in [-0.2, -0.15) is 0 Å². The van der Waals surface area contributed by atoms with Gasteiger partial charge < -0.3 is 19.3 Å². The number of likely N-dealkylation sites (tertiary alicyclic amines) is 1. The van der Waals surface area contributed by atoms with E-state index >= 15 is 0 Å². The van der Waals surface area contributed by atoms with E-state index in [1.54, 1.807) is 28.1 Å². The van der Waals surface area contributed by atoms with Crippen LogP contribution in [0, 0.1) is 0 Å². The molecular formula is C15H17N3O4. The SMILES string of the molecule is COc1cc(C(=O)N2CC[C@@]34OCCN3C(=O)C[C@@H]24)ccn1. The topological polar surface area (TPSA) is 72.0 Å². The maximum Gasteiger partial charge on any atom is 0.254 e. The van der Waals surface area contributed by atoms with Crippen LogP contribution in [0.4, 0.5) is 0 Å². The number of carbonyl (C=O) groups excluding carboxylic acids is 2. The molecule has 0 unspecified atom stereocenters. The van der Waals surface area contributed by atoms with E-state index in [9.17, 15) is 9.59 Å². The Morgan fingerprint density at radius 2 is 2.36 bits per heavy atom. The molecule has 22 heavy (non-hydrogen) atoms. The fraction of sp³-hybridized carbons (Fsp3) is 0.533. The maximum absolute atomic E-state index is 12.8. The Hall–Kier alpha value is -2.15. The summed E-state index contributed by atoms with van der Waals surface area (Å²) < 4.78 is 11.0. The number of hydrogen-bond acceptors (Lipinski definition) is 5. The fourth-order valence-electron chi connectivity index (χ4n) is 3.85. The number of pyridine rings is 1. The molecule has 3 aliphatic rings. The molecular weight excluding hydrogens is 286 g/mol. The first-order chi connectivity index (χ1) is 10.7. The largest absolute Gasteiger partial charge is 0.481 e. The Morgan fingerprint density at radius 3 is 3.18 bits per heavy atom. The Morgan fingerprint density at radius 1 is 1.50 bits per heavy atom. The van der Waals surface area contributed by atoms with Gasteiger partial charge in [-0.15, -0.1) is 0 Å². The molecule has 1 aromatic heterocycles. The van der Waals surface area contributed by atoms with E-state index < -0.39 is 5.72 Å². The molecule has 0 radical (unpaired) electrons. The second-order valence-electron chi connectivity index (χ2n) is 5.79. The van der Waals surface area contributed by atoms with E-state index in [0.29, 0.717) is 44.0 Å². The van der Waals surface area contributed by atoms with Crippen LogP contribution >= 0.6 is 0 Å². The van der Waals surface area contributed by atoms with Gasteiger partial charge in [0.05, 0.1) is 26.2 Å². The van der Waals surface area contributed by atoms with Crippen LogP contribution in [0.2, 0.25) is 0 Å². The molecule has 3 aliphatic heterocycles. The van der Waals surface area contributed by atoms with Crippen molar-refractivity contribution in [2.45, 2.75) is 24.6 Å². The summed E-state index contributed by atoms with van der Waals surface area (Å²) in [5.74, 6) is 0.376. The minimum atomic E-state index is -0.593. The average molecular weight is 303 g/mol. The van der Waals surface area contributed by atoms with Gasteiger partial charge in [0, 0.05) is 37.3 Å². The number of ether oxygens (including phenoxy) is 2. The van der Waals surface area contributed by atoms with Gasteiger partial charge in [-0.1, -0.05) is 0 Å². The zero-order valence-electron chi connectivity index (χ0n) is 12.3. The lowest BCUT2D eigenvalue weighted by Gasteiger charge is -2.31. The van der Waals surface area contributed by atoms with Crippen LogP contribution in [0.5, 0.6) is 5.88 Å². The second-order valence-corrected chi connectivity index (χ2v) is 5.79. The number of nitrogens with zero attached hydrogens (tertiary/aromatic N) is 3. The van der Waals surface area contributed by atoms with Crippen LogP contribution in [-0.4, -0.2) is 65.2 Å². The summed E-state index contributed by atoms with van der Waals surface area (Å²) in [5.41, 5.74) is -0.0723. The third-order valence-corrected chi connectivity index (χ3v) is 4.85. The molecule has 2 atom stereocenters. The first-order valence-corrected chi connectivity index (χ1v) is 7.41. The number of hydrogen-bond donors (Lipinski definition) is 0. The van der Waals surface area contributed by atoms with Crippen molar-refractivity contribution in [1.82, 2.24) is 14.8 Å². The predicted molar refractivity (Wildman–Crippen MR) is 75.2 cm³/mol. The van der Waals surface area contributed by atoms with Crippen LogP contribution < -0.4 is 4.74 Å². The lowest BCUT2D eigenvalue weighted by Crippen LogP contribution is -2.48. The van der Waals surface area contributed by atoms with Crippen molar-refractivity contribution in [3.8, 4) is 5.88 Å². The van der Waals surface area contributed by atoms with Gasteiger partial charge in [-0.25, -0.2) is 4.98 Å². The zero-order valence-corrected chi connectivity index (χ0v) is 12.3. The molecule has 0 aliphatic carbocycles. The van der Waals surface area contributed by atoms with E-state index in [1.165, 1.54) is 7.11 Å². The smallest absolute Gasteiger partial charge is 0.254 e. The first kappa shape index (κ1) is 13.5. The Labute approximate surface area is 127 Å². The number of aromatic nitrogens is 1. The van der Waals surface area contributed by atoms with Crippen LogP contribution in [0.3, 0.4) is 0 Å². The highest BCUT2D eigenvalue weighted by molar-refractivity contribution is 5.96. The highest BCUT2D eigenvalue weighted by Gasteiger charge is 2.62. The summed E-state index contributed by atoms with van der Waals surface area (Å²) >= 11 is 0. The molecule has 2 amide bonds. The van der Waals surface area contributed by atoms with Gasteiger partial charge in [0.2, 0.25) is 11.8 Å². The monoisotopic (exact) mass is 303 g/mol. The molecule has 7 nitrogen and oxygen atoms in total. The van der Waals surface area contributed by atoms with E-state index in [4.69, 9.17) is 9.47 Å². The lowest BCUT2D eigenvalue weighted by atomic mass is 10.1. The molecule has 0 aromatic carbocycles. The quantitative estimate of drug-likeness (QED) is 0.784. The number of amides is 2. The van der Waals surface area contributed by atoms with Gasteiger partial charge >= 0.3 is 0 Å². The van der Waals surface area contributed by atoms with Gasteiger partial charge in [-0.05, 0) is 6.07 Å². The number of rotatable bonds is 2. The van der Waals surface area contributed by atoms with E-state index in [-0.39, 0.29) is 17.9 Å². The second kappa shape index (κ2) is 4.67. The van der Waals surface area contributed by atoms with Crippen molar-refractivity contribution in [1.29, 1.82) is 0 Å². The van der Waals surface area contributed by atoms with E-state index in [0.717, 1.165) is 0 Å². The fourth-order valence-corrected chi connectivity index (χ4v) is 3.85. The van der Waals surface area contributed by atoms with Gasteiger partial charge in [0.25, 0.3) is 5.91 Å². The molecule has 1 aromatic rings. The first-order valence-electron chi connectivity index (χ1n) is 7.41. The molecule has 3 fully saturated rings. The number of methoxy groups -OCH3 is 1. The number of carbonyl (C=O) groups is 2. The summed E-state index contributed by atoms with van der Waals surface area (Å²) in [6, 6.07) is 3.09.